The van der Waals surface area contributed by atoms with Gasteiger partial charge in [0.05, 0.1) is 22.1 Å². The molecule has 0 aliphatic rings. The second kappa shape index (κ2) is 14.7. The van der Waals surface area contributed by atoms with E-state index in [1.54, 1.807) is 23.5 Å². The van der Waals surface area contributed by atoms with Crippen LogP contribution in [0.1, 0.15) is 0 Å². The highest BCUT2D eigenvalue weighted by Gasteiger charge is 2.15. The Morgan fingerprint density at radius 2 is 0.552 bits per heavy atom. The average molecular weight is 777 g/mol. The molecule has 0 N–H and O–H groups in total. The van der Waals surface area contributed by atoms with Crippen LogP contribution in [0.5, 0.6) is 0 Å². The molecule has 0 unspecified atom stereocenters. The van der Waals surface area contributed by atoms with Gasteiger partial charge < -0.3 is 9.13 Å². The van der Waals surface area contributed by atoms with Gasteiger partial charge >= 0.3 is 0 Å². The molecule has 2 heterocycles. The quantitative estimate of drug-likeness (QED) is 0.152. The summed E-state index contributed by atoms with van der Waals surface area (Å²) in [5.41, 5.74) is 12.1. The van der Waals surface area contributed by atoms with Crippen molar-refractivity contribution in [1.29, 1.82) is 0 Å². The van der Waals surface area contributed by atoms with E-state index in [0.29, 0.717) is 0 Å². The average Bonchev–Trinajstić information content (AvgIpc) is 3.80. The molecule has 0 aliphatic heterocycles. The summed E-state index contributed by atoms with van der Waals surface area (Å²) in [4.78, 5) is 4.91. The van der Waals surface area contributed by atoms with E-state index in [1.807, 2.05) is 0 Å². The maximum Gasteiger partial charge on any atom is 0.0541 e. The highest BCUT2D eigenvalue weighted by atomic mass is 32.2. The smallest absolute Gasteiger partial charge is 0.0541 e. The van der Waals surface area contributed by atoms with Crippen LogP contribution >= 0.6 is 23.5 Å². The van der Waals surface area contributed by atoms with Gasteiger partial charge in [0.2, 0.25) is 0 Å². The van der Waals surface area contributed by atoms with E-state index in [0.717, 1.165) is 0 Å². The Hall–Kier alpha value is -6.72. The van der Waals surface area contributed by atoms with Crippen molar-refractivity contribution in [2.45, 2.75) is 19.6 Å². The van der Waals surface area contributed by atoms with Crippen LogP contribution in [0.25, 0.3) is 77.2 Å². The van der Waals surface area contributed by atoms with Crippen LogP contribution in [0.2, 0.25) is 0 Å². The molecule has 2 nitrogen and oxygen atoms in total. The zero-order valence-corrected chi connectivity index (χ0v) is 33.1. The van der Waals surface area contributed by atoms with Gasteiger partial charge in [-0.2, -0.15) is 0 Å². The lowest BCUT2D eigenvalue weighted by Gasteiger charge is -2.09. The largest absolute Gasteiger partial charge is 0.309 e. The predicted octanol–water partition coefficient (Wildman–Crippen LogP) is 15.5. The van der Waals surface area contributed by atoms with Crippen molar-refractivity contribution in [2.75, 3.05) is 0 Å². The van der Waals surface area contributed by atoms with Crippen molar-refractivity contribution >= 4 is 67.1 Å². The summed E-state index contributed by atoms with van der Waals surface area (Å²) in [5.74, 6) is 0. The lowest BCUT2D eigenvalue weighted by atomic mass is 10.0. The van der Waals surface area contributed by atoms with Crippen LogP contribution < -0.4 is 0 Å². The maximum absolute atomic E-state index is 2.36. The number of hydrogen-bond acceptors (Lipinski definition) is 2. The van der Waals surface area contributed by atoms with Gasteiger partial charge in [-0.1, -0.05) is 133 Å². The summed E-state index contributed by atoms with van der Waals surface area (Å²) in [6.45, 7) is 0. The van der Waals surface area contributed by atoms with E-state index in [2.05, 4.69) is 228 Å². The van der Waals surface area contributed by atoms with Gasteiger partial charge in [0.1, 0.15) is 0 Å². The Morgan fingerprint density at radius 3 is 0.948 bits per heavy atom. The van der Waals surface area contributed by atoms with Crippen LogP contribution in [-0.2, 0) is 0 Å². The van der Waals surface area contributed by atoms with Gasteiger partial charge in [0, 0.05) is 52.5 Å². The van der Waals surface area contributed by atoms with E-state index in [4.69, 9.17) is 0 Å². The number of aromatic nitrogens is 2. The molecule has 11 aromatic rings. The molecule has 0 bridgehead atoms. The summed E-state index contributed by atoms with van der Waals surface area (Å²) < 4.78 is 4.73. The molecule has 11 rings (SSSR count). The molecule has 0 saturated heterocycles. The molecule has 4 heteroatoms. The van der Waals surface area contributed by atoms with Crippen molar-refractivity contribution in [1.82, 2.24) is 9.13 Å². The number of fused-ring (bicyclic) bond motifs is 6. The molecule has 58 heavy (non-hydrogen) atoms. The first-order valence-corrected chi connectivity index (χ1v) is 21.2. The minimum Gasteiger partial charge on any atom is -0.309 e. The summed E-state index contributed by atoms with van der Waals surface area (Å²) in [7, 11) is 0. The Kier molecular flexibility index (Phi) is 8.72. The first-order chi connectivity index (χ1) is 28.7. The zero-order chi connectivity index (χ0) is 38.4. The normalized spacial score (nSPS) is 11.6. The number of rotatable bonds is 8. The van der Waals surface area contributed by atoms with Gasteiger partial charge in [-0.25, -0.2) is 0 Å². The number of nitrogens with zero attached hydrogens (tertiary/aromatic N) is 2. The van der Waals surface area contributed by atoms with E-state index in [-0.39, 0.29) is 0 Å². The fourth-order valence-electron chi connectivity index (χ4n) is 8.29. The molecule has 0 spiro atoms. The van der Waals surface area contributed by atoms with Crippen molar-refractivity contribution in [3.8, 4) is 33.6 Å². The first kappa shape index (κ1) is 34.5. The summed E-state index contributed by atoms with van der Waals surface area (Å²) in [6, 6.07) is 79.2. The minimum atomic E-state index is 1.18. The highest BCUT2D eigenvalue weighted by Crippen LogP contribution is 2.39. The summed E-state index contributed by atoms with van der Waals surface area (Å²) in [5, 5.41) is 5.08. The van der Waals surface area contributed by atoms with Gasteiger partial charge in [0.15, 0.2) is 0 Å². The van der Waals surface area contributed by atoms with Crippen molar-refractivity contribution in [3.63, 3.8) is 0 Å². The van der Waals surface area contributed by atoms with Crippen LogP contribution in [0.3, 0.4) is 0 Å². The third kappa shape index (κ3) is 6.28. The molecule has 274 valence electrons. The Labute approximate surface area is 346 Å². The molecule has 0 amide bonds. The molecule has 2 aromatic heterocycles. The van der Waals surface area contributed by atoms with Crippen molar-refractivity contribution < 1.29 is 0 Å². The maximum atomic E-state index is 2.36. The third-order valence-corrected chi connectivity index (χ3v) is 13.1. The summed E-state index contributed by atoms with van der Waals surface area (Å²) >= 11 is 3.60. The van der Waals surface area contributed by atoms with Crippen LogP contribution in [-0.4, -0.2) is 9.13 Å². The highest BCUT2D eigenvalue weighted by molar-refractivity contribution is 7.99. The van der Waals surface area contributed by atoms with E-state index < -0.39 is 0 Å². The van der Waals surface area contributed by atoms with Crippen molar-refractivity contribution in [2.24, 2.45) is 0 Å². The van der Waals surface area contributed by atoms with Gasteiger partial charge in [-0.05, 0) is 131 Å². The number of hydrogen-bond donors (Lipinski definition) is 0. The second-order valence-electron chi connectivity index (χ2n) is 14.6. The fourth-order valence-corrected chi connectivity index (χ4v) is 9.93. The molecule has 0 aliphatic carbocycles. The zero-order valence-electron chi connectivity index (χ0n) is 31.5. The van der Waals surface area contributed by atoms with E-state index in [1.165, 1.54) is 96.8 Å². The predicted molar refractivity (Wildman–Crippen MR) is 247 cm³/mol. The van der Waals surface area contributed by atoms with Crippen LogP contribution in [0.4, 0.5) is 0 Å². The van der Waals surface area contributed by atoms with Crippen molar-refractivity contribution in [3.05, 3.63) is 218 Å². The molecule has 9 aromatic carbocycles. The molecule has 0 atom stereocenters. The van der Waals surface area contributed by atoms with Gasteiger partial charge in [0.25, 0.3) is 0 Å². The molecular weight excluding hydrogens is 741 g/mol. The standard InChI is InChI=1S/C54H36N2S2/c1-3-11-41(12-4-1)55-51-17-9-7-15-47(51)49-35-39(23-33-53(49)55)37-19-25-43(26-20-37)57-45-29-31-46(32-30-45)58-44-27-21-38(22-28-44)40-24-34-54-50(36-40)48-16-8-10-18-52(48)56(54)42-13-5-2-6-14-42/h1-36H. The lowest BCUT2D eigenvalue weighted by molar-refractivity contribution is 1.18. The minimum absolute atomic E-state index is 1.18. The van der Waals surface area contributed by atoms with Gasteiger partial charge in [-0.3, -0.25) is 0 Å². The third-order valence-electron chi connectivity index (χ3n) is 11.0. The molecule has 0 radical (unpaired) electrons. The van der Waals surface area contributed by atoms with E-state index >= 15 is 0 Å². The monoisotopic (exact) mass is 776 g/mol. The fraction of sp³-hybridized carbons (Fsp3) is 0. The Balaban J connectivity index is 0.781. The molecule has 0 fully saturated rings. The topological polar surface area (TPSA) is 9.86 Å². The molecular formula is C54H36N2S2. The SMILES string of the molecule is c1ccc(-n2c3ccccc3c3cc(-c4ccc(Sc5ccc(Sc6ccc(-c7ccc8c(c7)c7ccccc7n8-c7ccccc7)cc6)cc5)cc4)ccc32)cc1. The molecule has 0 saturated carbocycles. The van der Waals surface area contributed by atoms with Crippen LogP contribution in [0, 0.1) is 0 Å². The first-order valence-electron chi connectivity index (χ1n) is 19.6. The van der Waals surface area contributed by atoms with E-state index in [9.17, 15) is 0 Å². The second-order valence-corrected chi connectivity index (χ2v) is 16.9. The lowest BCUT2D eigenvalue weighted by Crippen LogP contribution is -1.92. The Morgan fingerprint density at radius 1 is 0.241 bits per heavy atom. The van der Waals surface area contributed by atoms with Crippen LogP contribution in [0.15, 0.2) is 238 Å². The summed E-state index contributed by atoms with van der Waals surface area (Å²) in [6.07, 6.45) is 0. The number of para-hydroxylation sites is 4. The van der Waals surface area contributed by atoms with Gasteiger partial charge in [-0.15, -0.1) is 0 Å². The number of benzene rings is 9. The Bertz CT molecular complexity index is 3010.